The third-order valence-electron chi connectivity index (χ3n) is 3.25. The molecule has 0 saturated carbocycles. The maximum atomic E-state index is 11.0. The zero-order valence-electron chi connectivity index (χ0n) is 13.6. The van der Waals surface area contributed by atoms with Gasteiger partial charge in [0, 0.05) is 25.1 Å². The molecule has 4 N–H and O–H groups in total. The molecule has 0 saturated heterocycles. The molecule has 0 aliphatic heterocycles. The number of halogens is 1. The molecule has 0 bridgehead atoms. The van der Waals surface area contributed by atoms with Crippen LogP contribution in [0.1, 0.15) is 28.6 Å². The second kappa shape index (κ2) is 10.7. The molecule has 0 fully saturated rings. The number of hydrogen-bond acceptors (Lipinski definition) is 3. The van der Waals surface area contributed by atoms with Crippen LogP contribution in [-0.4, -0.2) is 25.0 Å². The number of primary amides is 1. The van der Waals surface area contributed by atoms with E-state index >= 15 is 0 Å². The summed E-state index contributed by atoms with van der Waals surface area (Å²) in [4.78, 5) is 15.6. The SMILES string of the molecule is CCNC(=NCc1ccc(C(N)=O)cc1)NCCc1ccco1.I. The lowest BCUT2D eigenvalue weighted by Crippen LogP contribution is -2.38. The van der Waals surface area contributed by atoms with Gasteiger partial charge in [0.05, 0.1) is 12.8 Å². The Hall–Kier alpha value is -2.03. The molecule has 1 aromatic heterocycles. The first-order chi connectivity index (χ1) is 11.2. The average molecular weight is 442 g/mol. The van der Waals surface area contributed by atoms with Crippen molar-refractivity contribution >= 4 is 35.8 Å². The van der Waals surface area contributed by atoms with Crippen LogP contribution in [0.4, 0.5) is 0 Å². The van der Waals surface area contributed by atoms with Crippen LogP contribution in [0.5, 0.6) is 0 Å². The van der Waals surface area contributed by atoms with E-state index in [1.807, 2.05) is 31.2 Å². The van der Waals surface area contributed by atoms with Crippen LogP contribution in [0.3, 0.4) is 0 Å². The number of nitrogens with zero attached hydrogens (tertiary/aromatic N) is 1. The quantitative estimate of drug-likeness (QED) is 0.349. The number of nitrogens with one attached hydrogen (secondary N) is 2. The summed E-state index contributed by atoms with van der Waals surface area (Å²) in [6, 6.07) is 11.0. The van der Waals surface area contributed by atoms with Crippen LogP contribution >= 0.6 is 24.0 Å². The van der Waals surface area contributed by atoms with Gasteiger partial charge in [0.1, 0.15) is 5.76 Å². The van der Waals surface area contributed by atoms with Gasteiger partial charge in [0.25, 0.3) is 0 Å². The average Bonchev–Trinajstić information content (AvgIpc) is 3.06. The van der Waals surface area contributed by atoms with Gasteiger partial charge >= 0.3 is 0 Å². The number of benzene rings is 1. The van der Waals surface area contributed by atoms with Gasteiger partial charge in [-0.2, -0.15) is 0 Å². The van der Waals surface area contributed by atoms with E-state index in [0.717, 1.165) is 36.8 Å². The van der Waals surface area contributed by atoms with Gasteiger partial charge in [-0.05, 0) is 36.8 Å². The molecule has 1 heterocycles. The number of aliphatic imine (C=N–C) groups is 1. The fourth-order valence-electron chi connectivity index (χ4n) is 2.05. The predicted molar refractivity (Wildman–Crippen MR) is 106 cm³/mol. The van der Waals surface area contributed by atoms with E-state index in [9.17, 15) is 4.79 Å². The summed E-state index contributed by atoms with van der Waals surface area (Å²) in [6.07, 6.45) is 2.47. The van der Waals surface area contributed by atoms with E-state index in [0.29, 0.717) is 12.1 Å². The van der Waals surface area contributed by atoms with E-state index in [2.05, 4.69) is 15.6 Å². The smallest absolute Gasteiger partial charge is 0.248 e. The second-order valence-corrected chi connectivity index (χ2v) is 5.01. The maximum absolute atomic E-state index is 11.0. The molecule has 130 valence electrons. The van der Waals surface area contributed by atoms with Gasteiger partial charge in [0.2, 0.25) is 5.91 Å². The minimum Gasteiger partial charge on any atom is -0.469 e. The van der Waals surface area contributed by atoms with E-state index in [-0.39, 0.29) is 24.0 Å². The third kappa shape index (κ3) is 6.61. The highest BCUT2D eigenvalue weighted by atomic mass is 127. The molecular formula is C17H23IN4O2. The summed E-state index contributed by atoms with van der Waals surface area (Å²) < 4.78 is 5.30. The molecule has 1 aromatic carbocycles. The fourth-order valence-corrected chi connectivity index (χ4v) is 2.05. The van der Waals surface area contributed by atoms with Gasteiger partial charge in [-0.25, -0.2) is 4.99 Å². The number of guanidine groups is 1. The summed E-state index contributed by atoms with van der Waals surface area (Å²) >= 11 is 0. The van der Waals surface area contributed by atoms with Crippen molar-refractivity contribution in [3.05, 3.63) is 59.5 Å². The van der Waals surface area contributed by atoms with Crippen molar-refractivity contribution in [2.24, 2.45) is 10.7 Å². The molecule has 0 spiro atoms. The third-order valence-corrected chi connectivity index (χ3v) is 3.25. The molecule has 1 amide bonds. The minimum atomic E-state index is -0.423. The Bertz CT molecular complexity index is 639. The lowest BCUT2D eigenvalue weighted by molar-refractivity contribution is 0.100. The lowest BCUT2D eigenvalue weighted by atomic mass is 10.1. The van der Waals surface area contributed by atoms with Crippen molar-refractivity contribution in [2.75, 3.05) is 13.1 Å². The number of hydrogen-bond donors (Lipinski definition) is 3. The fraction of sp³-hybridized carbons (Fsp3) is 0.294. The van der Waals surface area contributed by atoms with Crippen LogP contribution in [0.25, 0.3) is 0 Å². The van der Waals surface area contributed by atoms with Gasteiger partial charge in [-0.1, -0.05) is 12.1 Å². The number of carbonyl (C=O) groups excluding carboxylic acids is 1. The van der Waals surface area contributed by atoms with Gasteiger partial charge < -0.3 is 20.8 Å². The number of furan rings is 1. The van der Waals surface area contributed by atoms with Gasteiger partial charge in [-0.3, -0.25) is 4.79 Å². The van der Waals surface area contributed by atoms with Gasteiger partial charge in [-0.15, -0.1) is 24.0 Å². The Morgan fingerprint density at radius 2 is 1.96 bits per heavy atom. The Morgan fingerprint density at radius 3 is 2.54 bits per heavy atom. The van der Waals surface area contributed by atoms with E-state index in [4.69, 9.17) is 10.2 Å². The predicted octanol–water partition coefficient (Wildman–Crippen LogP) is 2.29. The molecule has 0 radical (unpaired) electrons. The molecule has 6 nitrogen and oxygen atoms in total. The number of carbonyl (C=O) groups is 1. The zero-order valence-corrected chi connectivity index (χ0v) is 15.9. The Kier molecular flexibility index (Phi) is 8.92. The molecule has 2 rings (SSSR count). The van der Waals surface area contributed by atoms with Crippen molar-refractivity contribution in [1.82, 2.24) is 10.6 Å². The topological polar surface area (TPSA) is 92.6 Å². The molecule has 24 heavy (non-hydrogen) atoms. The van der Waals surface area contributed by atoms with Crippen LogP contribution < -0.4 is 16.4 Å². The number of rotatable bonds is 7. The normalized spacial score (nSPS) is 10.8. The van der Waals surface area contributed by atoms with Crippen LogP contribution in [0.2, 0.25) is 0 Å². The highest BCUT2D eigenvalue weighted by molar-refractivity contribution is 14.0. The van der Waals surface area contributed by atoms with Crippen molar-refractivity contribution in [3.63, 3.8) is 0 Å². The van der Waals surface area contributed by atoms with Crippen LogP contribution in [0, 0.1) is 0 Å². The Labute approximate surface area is 158 Å². The molecule has 0 unspecified atom stereocenters. The van der Waals surface area contributed by atoms with E-state index in [1.54, 1.807) is 18.4 Å². The first-order valence-electron chi connectivity index (χ1n) is 7.62. The van der Waals surface area contributed by atoms with Crippen molar-refractivity contribution in [2.45, 2.75) is 19.9 Å². The van der Waals surface area contributed by atoms with Gasteiger partial charge in [0.15, 0.2) is 5.96 Å². The highest BCUT2D eigenvalue weighted by Gasteiger charge is 2.01. The van der Waals surface area contributed by atoms with E-state index in [1.165, 1.54) is 0 Å². The number of amides is 1. The Morgan fingerprint density at radius 1 is 1.21 bits per heavy atom. The number of nitrogens with two attached hydrogens (primary N) is 1. The summed E-state index contributed by atoms with van der Waals surface area (Å²) in [5, 5.41) is 6.46. The molecule has 2 aromatic rings. The first-order valence-corrected chi connectivity index (χ1v) is 7.62. The molecule has 0 atom stereocenters. The van der Waals surface area contributed by atoms with Crippen molar-refractivity contribution in [3.8, 4) is 0 Å². The summed E-state index contributed by atoms with van der Waals surface area (Å²) in [5.41, 5.74) is 6.74. The zero-order chi connectivity index (χ0) is 16.5. The minimum absolute atomic E-state index is 0. The second-order valence-electron chi connectivity index (χ2n) is 5.01. The van der Waals surface area contributed by atoms with Crippen molar-refractivity contribution in [1.29, 1.82) is 0 Å². The van der Waals surface area contributed by atoms with Crippen LogP contribution in [-0.2, 0) is 13.0 Å². The lowest BCUT2D eigenvalue weighted by Gasteiger charge is -2.10. The summed E-state index contributed by atoms with van der Waals surface area (Å²) in [5.74, 6) is 1.27. The molecule has 0 aliphatic carbocycles. The molecular weight excluding hydrogens is 419 g/mol. The standard InChI is InChI=1S/C17H22N4O2.HI/c1-2-19-17(20-10-9-15-4-3-11-23-15)21-12-13-5-7-14(8-6-13)16(18)22;/h3-8,11H,2,9-10,12H2,1H3,(H2,18,22)(H2,19,20,21);1H. The summed E-state index contributed by atoms with van der Waals surface area (Å²) in [7, 11) is 0. The van der Waals surface area contributed by atoms with Crippen molar-refractivity contribution < 1.29 is 9.21 Å². The van der Waals surface area contributed by atoms with E-state index < -0.39 is 5.91 Å². The monoisotopic (exact) mass is 442 g/mol. The Balaban J connectivity index is 0.00000288. The maximum Gasteiger partial charge on any atom is 0.248 e. The highest BCUT2D eigenvalue weighted by Crippen LogP contribution is 2.05. The molecule has 7 heteroatoms. The first kappa shape index (κ1) is 20.0. The molecule has 0 aliphatic rings. The summed E-state index contributed by atoms with van der Waals surface area (Å²) in [6.45, 7) is 4.06. The largest absolute Gasteiger partial charge is 0.469 e. The van der Waals surface area contributed by atoms with Crippen LogP contribution in [0.15, 0.2) is 52.1 Å².